The second kappa shape index (κ2) is 5.84. The van der Waals surface area contributed by atoms with Crippen molar-refractivity contribution in [2.75, 3.05) is 0 Å². The Balaban J connectivity index is 2.13. The molecule has 1 aromatic carbocycles. The number of nitrogens with zero attached hydrogens (tertiary/aromatic N) is 1. The summed E-state index contributed by atoms with van der Waals surface area (Å²) in [7, 11) is -4.05. The van der Waals surface area contributed by atoms with Crippen molar-refractivity contribution >= 4 is 27.3 Å². The molecule has 10 heteroatoms. The van der Waals surface area contributed by atoms with Gasteiger partial charge in [-0.1, -0.05) is 0 Å². The van der Waals surface area contributed by atoms with Crippen molar-refractivity contribution in [2.45, 2.75) is 11.4 Å². The maximum absolute atomic E-state index is 13.0. The Morgan fingerprint density at radius 2 is 2.05 bits per heavy atom. The molecule has 0 saturated heterocycles. The molecule has 0 radical (unpaired) electrons. The Morgan fingerprint density at radius 3 is 2.62 bits per heavy atom. The largest absolute Gasteiger partial charge is 0.476 e. The van der Waals surface area contributed by atoms with Gasteiger partial charge in [0.15, 0.2) is 17.3 Å². The Hall–Kier alpha value is -1.91. The molecule has 0 atom stereocenters. The van der Waals surface area contributed by atoms with Crippen molar-refractivity contribution in [3.63, 3.8) is 0 Å². The van der Waals surface area contributed by atoms with Gasteiger partial charge in [0.25, 0.3) is 0 Å². The summed E-state index contributed by atoms with van der Waals surface area (Å²) in [6, 6.07) is 2.18. The molecule has 6 nitrogen and oxygen atoms in total. The summed E-state index contributed by atoms with van der Waals surface area (Å²) in [5, 5.41) is 10.2. The first kappa shape index (κ1) is 15.5. The van der Waals surface area contributed by atoms with Crippen LogP contribution in [0.3, 0.4) is 0 Å². The number of rotatable bonds is 5. The first-order valence-electron chi connectivity index (χ1n) is 5.42. The fraction of sp³-hybridized carbons (Fsp3) is 0.0909. The van der Waals surface area contributed by atoms with Crippen LogP contribution >= 0.6 is 11.3 Å². The number of hydrogen-bond acceptors (Lipinski definition) is 5. The van der Waals surface area contributed by atoms with E-state index in [2.05, 4.69) is 9.71 Å². The van der Waals surface area contributed by atoms with E-state index in [1.807, 2.05) is 0 Å². The number of carbonyl (C=O) groups is 1. The van der Waals surface area contributed by atoms with Gasteiger partial charge < -0.3 is 5.11 Å². The molecule has 2 rings (SSSR count). The lowest BCUT2D eigenvalue weighted by Gasteiger charge is -2.05. The van der Waals surface area contributed by atoms with Gasteiger partial charge in [0.05, 0.1) is 11.4 Å². The Bertz CT molecular complexity index is 789. The Morgan fingerprint density at radius 1 is 1.33 bits per heavy atom. The average Bonchev–Trinajstić information content (AvgIpc) is 2.89. The van der Waals surface area contributed by atoms with E-state index in [4.69, 9.17) is 5.11 Å². The molecule has 0 aliphatic heterocycles. The summed E-state index contributed by atoms with van der Waals surface area (Å²) in [6.45, 7) is -0.251. The maximum Gasteiger partial charge on any atom is 0.355 e. The number of aromatic carboxylic acids is 1. The van der Waals surface area contributed by atoms with Gasteiger partial charge in [0, 0.05) is 5.38 Å². The molecular weight excluding hydrogens is 326 g/mol. The third kappa shape index (κ3) is 3.60. The summed E-state index contributed by atoms with van der Waals surface area (Å²) in [5.74, 6) is -3.65. The normalized spacial score (nSPS) is 11.5. The zero-order valence-corrected chi connectivity index (χ0v) is 11.8. The molecule has 0 spiro atoms. The Labute approximate surface area is 122 Å². The molecule has 0 unspecified atom stereocenters. The molecule has 1 aromatic heterocycles. The number of hydrogen-bond donors (Lipinski definition) is 2. The summed E-state index contributed by atoms with van der Waals surface area (Å²) in [6.07, 6.45) is 0. The molecule has 112 valence electrons. The van der Waals surface area contributed by atoms with E-state index >= 15 is 0 Å². The fourth-order valence-corrected chi connectivity index (χ4v) is 3.17. The van der Waals surface area contributed by atoms with Crippen LogP contribution in [0.5, 0.6) is 0 Å². The second-order valence-electron chi connectivity index (χ2n) is 3.83. The van der Waals surface area contributed by atoms with Crippen molar-refractivity contribution in [3.8, 4) is 0 Å². The van der Waals surface area contributed by atoms with Crippen LogP contribution in [0.2, 0.25) is 0 Å². The lowest BCUT2D eigenvalue weighted by molar-refractivity contribution is 0.0691. The van der Waals surface area contributed by atoms with Gasteiger partial charge in [-0.15, -0.1) is 11.3 Å². The van der Waals surface area contributed by atoms with Crippen LogP contribution in [0.15, 0.2) is 28.5 Å². The predicted octanol–water partition coefficient (Wildman–Crippen LogP) is 1.60. The lowest BCUT2D eigenvalue weighted by atomic mass is 10.3. The quantitative estimate of drug-likeness (QED) is 0.866. The third-order valence-electron chi connectivity index (χ3n) is 2.39. The van der Waals surface area contributed by atoms with Crippen molar-refractivity contribution < 1.29 is 27.1 Å². The van der Waals surface area contributed by atoms with Crippen molar-refractivity contribution in [2.24, 2.45) is 0 Å². The highest BCUT2D eigenvalue weighted by Gasteiger charge is 2.17. The molecule has 0 aliphatic rings. The highest BCUT2D eigenvalue weighted by molar-refractivity contribution is 7.89. The standard InChI is InChI=1S/C11H8F2N2O4S2/c12-7-2-1-6(3-8(7)13)21(18,19)14-4-10-15-9(5-20-10)11(16)17/h1-3,5,14H,4H2,(H,16,17). The van der Waals surface area contributed by atoms with Crippen LogP contribution in [0.1, 0.15) is 15.5 Å². The van der Waals surface area contributed by atoms with Crippen molar-refractivity contribution in [1.29, 1.82) is 0 Å². The summed E-state index contributed by atoms with van der Waals surface area (Å²) in [4.78, 5) is 13.9. The van der Waals surface area contributed by atoms with E-state index in [0.29, 0.717) is 12.1 Å². The SMILES string of the molecule is O=C(O)c1csc(CNS(=O)(=O)c2ccc(F)c(F)c2)n1. The van der Waals surface area contributed by atoms with Crippen LogP contribution < -0.4 is 4.72 Å². The van der Waals surface area contributed by atoms with Crippen molar-refractivity contribution in [3.05, 3.63) is 45.9 Å². The number of aromatic nitrogens is 1. The number of carboxylic acid groups (broad SMARTS) is 1. The second-order valence-corrected chi connectivity index (χ2v) is 6.54. The Kier molecular flexibility index (Phi) is 4.30. The minimum Gasteiger partial charge on any atom is -0.476 e. The van der Waals surface area contributed by atoms with Gasteiger partial charge in [-0.2, -0.15) is 0 Å². The number of carboxylic acids is 1. The van der Waals surface area contributed by atoms with Gasteiger partial charge in [-0.3, -0.25) is 0 Å². The maximum atomic E-state index is 13.0. The highest BCUT2D eigenvalue weighted by atomic mass is 32.2. The van der Waals surface area contributed by atoms with E-state index in [1.165, 1.54) is 5.38 Å². The highest BCUT2D eigenvalue weighted by Crippen LogP contribution is 2.15. The molecule has 0 bridgehead atoms. The van der Waals surface area contributed by atoms with Crippen LogP contribution in [-0.4, -0.2) is 24.5 Å². The summed E-state index contributed by atoms with van der Waals surface area (Å²) in [5.41, 5.74) is -0.193. The van der Waals surface area contributed by atoms with Gasteiger partial charge >= 0.3 is 5.97 Å². The first-order valence-corrected chi connectivity index (χ1v) is 7.78. The molecule has 0 saturated carbocycles. The van der Waals surface area contributed by atoms with E-state index < -0.39 is 32.5 Å². The van der Waals surface area contributed by atoms with Crippen LogP contribution in [0, 0.1) is 11.6 Å². The molecule has 0 amide bonds. The summed E-state index contributed by atoms with van der Waals surface area (Å²) >= 11 is 0.966. The number of sulfonamides is 1. The zero-order chi connectivity index (χ0) is 15.6. The number of benzene rings is 1. The van der Waals surface area contributed by atoms with Crippen LogP contribution in [0.25, 0.3) is 0 Å². The minimum atomic E-state index is -4.05. The molecule has 1 heterocycles. The number of thiazole rings is 1. The predicted molar refractivity (Wildman–Crippen MR) is 69.5 cm³/mol. The van der Waals surface area contributed by atoms with E-state index in [1.54, 1.807) is 0 Å². The molecule has 21 heavy (non-hydrogen) atoms. The lowest BCUT2D eigenvalue weighted by Crippen LogP contribution is -2.23. The first-order chi connectivity index (χ1) is 9.79. The van der Waals surface area contributed by atoms with Crippen molar-refractivity contribution in [1.82, 2.24) is 9.71 Å². The topological polar surface area (TPSA) is 96.4 Å². The van der Waals surface area contributed by atoms with Gasteiger partial charge in [0.2, 0.25) is 10.0 Å². The van der Waals surface area contributed by atoms with E-state index in [9.17, 15) is 22.0 Å². The van der Waals surface area contributed by atoms with E-state index in [0.717, 1.165) is 17.4 Å². The molecular formula is C11H8F2N2O4S2. The van der Waals surface area contributed by atoms with Gasteiger partial charge in [-0.05, 0) is 18.2 Å². The third-order valence-corrected chi connectivity index (χ3v) is 4.63. The van der Waals surface area contributed by atoms with E-state index in [-0.39, 0.29) is 17.2 Å². The number of halogens is 2. The van der Waals surface area contributed by atoms with Gasteiger partial charge in [0.1, 0.15) is 5.01 Å². The molecule has 2 aromatic rings. The number of nitrogens with one attached hydrogen (secondary N) is 1. The fourth-order valence-electron chi connectivity index (χ4n) is 1.37. The van der Waals surface area contributed by atoms with Crippen LogP contribution in [-0.2, 0) is 16.6 Å². The zero-order valence-electron chi connectivity index (χ0n) is 10.2. The average molecular weight is 334 g/mol. The summed E-state index contributed by atoms with van der Waals surface area (Å²) < 4.78 is 51.7. The minimum absolute atomic E-state index is 0.193. The van der Waals surface area contributed by atoms with Crippen LogP contribution in [0.4, 0.5) is 8.78 Å². The molecule has 2 N–H and O–H groups in total. The molecule has 0 fully saturated rings. The smallest absolute Gasteiger partial charge is 0.355 e. The van der Waals surface area contributed by atoms with Gasteiger partial charge in [-0.25, -0.2) is 31.7 Å². The monoisotopic (exact) mass is 334 g/mol. The molecule has 0 aliphatic carbocycles.